The van der Waals surface area contributed by atoms with Crippen LogP contribution < -0.4 is 0 Å². The van der Waals surface area contributed by atoms with E-state index in [0.29, 0.717) is 0 Å². The lowest BCUT2D eigenvalue weighted by Crippen LogP contribution is -1.96. The molecule has 0 saturated carbocycles. The van der Waals surface area contributed by atoms with Gasteiger partial charge in [0.25, 0.3) is 0 Å². The van der Waals surface area contributed by atoms with Gasteiger partial charge in [-0.05, 0) is 12.1 Å². The standard InChI is InChI=1S/C6H4O4S.C4H2N2O5/c7-5(8)3-1-2-4(11-3)6(9)10;7-3(8)1-5-6-2(11-1)4(9)10/h1-2H,(H,7,8)(H,9,10);(H,7,8)(H,9,10). The van der Waals surface area contributed by atoms with Crippen LogP contribution in [0.3, 0.4) is 0 Å². The molecule has 0 aliphatic rings. The van der Waals surface area contributed by atoms with E-state index in [2.05, 4.69) is 14.6 Å². The van der Waals surface area contributed by atoms with E-state index in [1.54, 1.807) is 0 Å². The fraction of sp³-hybridized carbons (Fsp3) is 0. The van der Waals surface area contributed by atoms with Gasteiger partial charge in [0, 0.05) is 0 Å². The van der Waals surface area contributed by atoms with E-state index in [9.17, 15) is 19.2 Å². The number of thiophene rings is 1. The molecule has 0 unspecified atom stereocenters. The second-order valence-corrected chi connectivity index (χ2v) is 4.38. The highest BCUT2D eigenvalue weighted by Crippen LogP contribution is 2.15. The summed E-state index contributed by atoms with van der Waals surface area (Å²) in [7, 11) is 0. The quantitative estimate of drug-likeness (QED) is 0.614. The second kappa shape index (κ2) is 6.94. The lowest BCUT2D eigenvalue weighted by atomic mass is 10.4. The van der Waals surface area contributed by atoms with Gasteiger partial charge < -0.3 is 24.8 Å². The van der Waals surface area contributed by atoms with Gasteiger partial charge in [0.05, 0.1) is 0 Å². The minimum atomic E-state index is -1.45. The Labute approximate surface area is 124 Å². The molecule has 0 saturated heterocycles. The van der Waals surface area contributed by atoms with Gasteiger partial charge in [0.15, 0.2) is 0 Å². The molecule has 2 aromatic rings. The van der Waals surface area contributed by atoms with Gasteiger partial charge in [-0.3, -0.25) is 0 Å². The van der Waals surface area contributed by atoms with Crippen LogP contribution in [0.5, 0.6) is 0 Å². The van der Waals surface area contributed by atoms with Gasteiger partial charge in [-0.1, -0.05) is 0 Å². The van der Waals surface area contributed by atoms with E-state index in [4.69, 9.17) is 20.4 Å². The lowest BCUT2D eigenvalue weighted by molar-refractivity contribution is 0.0619. The molecule has 11 nitrogen and oxygen atoms in total. The molecule has 22 heavy (non-hydrogen) atoms. The van der Waals surface area contributed by atoms with Crippen molar-refractivity contribution >= 4 is 35.2 Å². The maximum atomic E-state index is 10.3. The third kappa shape index (κ3) is 4.38. The van der Waals surface area contributed by atoms with Crippen LogP contribution in [0.2, 0.25) is 0 Å². The van der Waals surface area contributed by atoms with E-state index in [-0.39, 0.29) is 9.75 Å². The van der Waals surface area contributed by atoms with Crippen molar-refractivity contribution in [2.75, 3.05) is 0 Å². The van der Waals surface area contributed by atoms with Crippen LogP contribution in [-0.4, -0.2) is 54.5 Å². The SMILES string of the molecule is O=C(O)c1ccc(C(=O)O)s1.O=C(O)c1nnc(C(=O)O)o1. The first-order valence-corrected chi connectivity index (χ1v) is 5.90. The molecule has 0 fully saturated rings. The molecule has 0 aromatic carbocycles. The van der Waals surface area contributed by atoms with Crippen LogP contribution >= 0.6 is 11.3 Å². The number of rotatable bonds is 4. The zero-order valence-corrected chi connectivity index (χ0v) is 11.1. The number of carboxylic acids is 4. The smallest absolute Gasteiger partial charge is 0.393 e. The van der Waals surface area contributed by atoms with Crippen molar-refractivity contribution in [1.82, 2.24) is 10.2 Å². The number of aromatic carboxylic acids is 4. The average Bonchev–Trinajstić information content (AvgIpc) is 3.09. The highest BCUT2D eigenvalue weighted by atomic mass is 32.1. The first kappa shape index (κ1) is 16.8. The van der Waals surface area contributed by atoms with Crippen molar-refractivity contribution in [2.24, 2.45) is 0 Å². The van der Waals surface area contributed by atoms with E-state index < -0.39 is 35.7 Å². The molecular formula is C10H6N2O9S. The van der Waals surface area contributed by atoms with Crippen molar-refractivity contribution in [3.8, 4) is 0 Å². The van der Waals surface area contributed by atoms with Gasteiger partial charge >= 0.3 is 35.7 Å². The third-order valence-electron chi connectivity index (χ3n) is 1.82. The Morgan fingerprint density at radius 3 is 1.32 bits per heavy atom. The predicted molar refractivity (Wildman–Crippen MR) is 66.5 cm³/mol. The maximum Gasteiger partial charge on any atom is 0.393 e. The van der Waals surface area contributed by atoms with Crippen LogP contribution in [0.4, 0.5) is 0 Å². The topological polar surface area (TPSA) is 188 Å². The largest absolute Gasteiger partial charge is 0.477 e. The Balaban J connectivity index is 0.000000220. The van der Waals surface area contributed by atoms with Crippen LogP contribution in [0, 0.1) is 0 Å². The van der Waals surface area contributed by atoms with Crippen molar-refractivity contribution < 1.29 is 44.0 Å². The van der Waals surface area contributed by atoms with E-state index in [1.807, 2.05) is 0 Å². The number of hydrogen-bond acceptors (Lipinski definition) is 8. The Kier molecular flexibility index (Phi) is 5.29. The zero-order valence-electron chi connectivity index (χ0n) is 10.3. The van der Waals surface area contributed by atoms with Gasteiger partial charge in [-0.2, -0.15) is 0 Å². The highest BCUT2D eigenvalue weighted by molar-refractivity contribution is 7.15. The monoisotopic (exact) mass is 330 g/mol. The number of hydrogen-bond donors (Lipinski definition) is 4. The summed E-state index contributed by atoms with van der Waals surface area (Å²) in [6.07, 6.45) is 0. The van der Waals surface area contributed by atoms with E-state index in [1.165, 1.54) is 12.1 Å². The van der Waals surface area contributed by atoms with Crippen molar-refractivity contribution in [2.45, 2.75) is 0 Å². The molecule has 2 rings (SSSR count). The van der Waals surface area contributed by atoms with Gasteiger partial charge in [-0.25, -0.2) is 19.2 Å². The summed E-state index contributed by atoms with van der Waals surface area (Å²) in [5.41, 5.74) is 0. The summed E-state index contributed by atoms with van der Waals surface area (Å²) < 4.78 is 4.19. The third-order valence-corrected chi connectivity index (χ3v) is 2.88. The molecule has 4 N–H and O–H groups in total. The molecule has 0 aliphatic heterocycles. The van der Waals surface area contributed by atoms with Gasteiger partial charge in [-0.15, -0.1) is 21.5 Å². The minimum absolute atomic E-state index is 0.0439. The second-order valence-electron chi connectivity index (χ2n) is 3.30. The molecule has 0 amide bonds. The summed E-state index contributed by atoms with van der Waals surface area (Å²) >= 11 is 0.750. The lowest BCUT2D eigenvalue weighted by Gasteiger charge is -1.82. The molecule has 12 heteroatoms. The molecule has 2 aromatic heterocycles. The molecular weight excluding hydrogens is 324 g/mol. The molecule has 0 bridgehead atoms. The minimum Gasteiger partial charge on any atom is -0.477 e. The average molecular weight is 330 g/mol. The fourth-order valence-corrected chi connectivity index (χ4v) is 1.65. The Bertz CT molecular complexity index is 613. The Morgan fingerprint density at radius 2 is 1.14 bits per heavy atom. The van der Waals surface area contributed by atoms with Crippen molar-refractivity contribution in [3.63, 3.8) is 0 Å². The highest BCUT2D eigenvalue weighted by Gasteiger charge is 2.17. The first-order chi connectivity index (χ1) is 10.2. The maximum absolute atomic E-state index is 10.3. The molecule has 0 aliphatic carbocycles. The Morgan fingerprint density at radius 1 is 0.773 bits per heavy atom. The predicted octanol–water partition coefficient (Wildman–Crippen LogP) is 0.611. The van der Waals surface area contributed by atoms with Crippen LogP contribution in [0.25, 0.3) is 0 Å². The first-order valence-electron chi connectivity index (χ1n) is 5.09. The number of aromatic nitrogens is 2. The molecule has 0 atom stereocenters. The molecule has 2 heterocycles. The summed E-state index contributed by atoms with van der Waals surface area (Å²) in [5, 5.41) is 39.1. The summed E-state index contributed by atoms with van der Waals surface area (Å²) in [6, 6.07) is 2.55. The summed E-state index contributed by atoms with van der Waals surface area (Å²) in [5.74, 6) is -6.56. The van der Waals surface area contributed by atoms with Crippen LogP contribution in [-0.2, 0) is 0 Å². The van der Waals surface area contributed by atoms with Crippen molar-refractivity contribution in [1.29, 1.82) is 0 Å². The molecule has 0 spiro atoms. The molecule has 116 valence electrons. The van der Waals surface area contributed by atoms with Gasteiger partial charge in [0.1, 0.15) is 9.75 Å². The summed E-state index contributed by atoms with van der Waals surface area (Å²) in [4.78, 5) is 40.7. The Hall–Kier alpha value is -3.28. The normalized spacial score (nSPS) is 9.45. The number of carbonyl (C=O) groups is 4. The van der Waals surface area contributed by atoms with Crippen LogP contribution in [0.15, 0.2) is 16.5 Å². The van der Waals surface area contributed by atoms with Crippen molar-refractivity contribution in [3.05, 3.63) is 33.7 Å². The molecule has 0 radical (unpaired) electrons. The van der Waals surface area contributed by atoms with E-state index in [0.717, 1.165) is 11.3 Å². The number of carboxylic acid groups (broad SMARTS) is 4. The van der Waals surface area contributed by atoms with Crippen LogP contribution in [0.1, 0.15) is 40.7 Å². The fourth-order valence-electron chi connectivity index (χ4n) is 0.964. The summed E-state index contributed by atoms with van der Waals surface area (Å²) in [6.45, 7) is 0. The zero-order chi connectivity index (χ0) is 16.9. The van der Waals surface area contributed by atoms with E-state index >= 15 is 0 Å². The number of nitrogens with zero attached hydrogens (tertiary/aromatic N) is 2. The van der Waals surface area contributed by atoms with Gasteiger partial charge in [0.2, 0.25) is 0 Å².